The first kappa shape index (κ1) is 10.9. The van der Waals surface area contributed by atoms with E-state index in [2.05, 4.69) is 6.58 Å². The van der Waals surface area contributed by atoms with E-state index in [0.717, 1.165) is 0 Å². The first-order valence-electron chi connectivity index (χ1n) is 3.86. The second kappa shape index (κ2) is 3.52. The van der Waals surface area contributed by atoms with Gasteiger partial charge < -0.3 is 5.73 Å². The highest BCUT2D eigenvalue weighted by Gasteiger charge is 2.29. The average molecular weight is 169 g/mol. The molecule has 68 valence electrons. The monoisotopic (exact) mass is 169 g/mol. The third kappa shape index (κ3) is 2.19. The standard InChI is InChI=1S/C9H15NO2/c1-5-9(3,4)7(11)6(2)8(10)12/h2,5H2,1,3-4H3,(H2,10,12). The number of ketones is 1. The minimum absolute atomic E-state index is 0.109. The molecule has 0 fully saturated rings. The molecule has 0 bridgehead atoms. The summed E-state index contributed by atoms with van der Waals surface area (Å²) in [7, 11) is 0. The highest BCUT2D eigenvalue weighted by atomic mass is 16.2. The van der Waals surface area contributed by atoms with Crippen LogP contribution in [0.15, 0.2) is 12.2 Å². The Labute approximate surface area is 72.6 Å². The summed E-state index contributed by atoms with van der Waals surface area (Å²) in [6.45, 7) is 8.76. The van der Waals surface area contributed by atoms with Gasteiger partial charge in [-0.2, -0.15) is 0 Å². The molecule has 0 saturated heterocycles. The summed E-state index contributed by atoms with van der Waals surface area (Å²) >= 11 is 0. The zero-order valence-electron chi connectivity index (χ0n) is 7.81. The number of rotatable bonds is 4. The van der Waals surface area contributed by atoms with Crippen LogP contribution in [0, 0.1) is 5.41 Å². The molecule has 1 amide bonds. The topological polar surface area (TPSA) is 60.2 Å². The van der Waals surface area contributed by atoms with Crippen LogP contribution in [-0.2, 0) is 9.59 Å². The molecular weight excluding hydrogens is 154 g/mol. The van der Waals surface area contributed by atoms with Crippen LogP contribution in [0.25, 0.3) is 0 Å². The average Bonchev–Trinajstić information content (AvgIpc) is 2.01. The molecule has 0 radical (unpaired) electrons. The second-order valence-corrected chi connectivity index (χ2v) is 3.41. The lowest BCUT2D eigenvalue weighted by atomic mass is 9.82. The molecule has 0 rings (SSSR count). The highest BCUT2D eigenvalue weighted by Crippen LogP contribution is 2.23. The van der Waals surface area contributed by atoms with E-state index in [1.807, 2.05) is 6.92 Å². The Morgan fingerprint density at radius 1 is 1.42 bits per heavy atom. The molecule has 0 atom stereocenters. The third-order valence-electron chi connectivity index (χ3n) is 2.07. The summed E-state index contributed by atoms with van der Waals surface area (Å²) in [5.41, 5.74) is 4.28. The van der Waals surface area contributed by atoms with Gasteiger partial charge in [-0.1, -0.05) is 27.4 Å². The van der Waals surface area contributed by atoms with Crippen molar-refractivity contribution < 1.29 is 9.59 Å². The Kier molecular flexibility index (Phi) is 3.19. The van der Waals surface area contributed by atoms with Crippen LogP contribution in [0.5, 0.6) is 0 Å². The van der Waals surface area contributed by atoms with Gasteiger partial charge in [-0.3, -0.25) is 9.59 Å². The highest BCUT2D eigenvalue weighted by molar-refractivity contribution is 6.19. The fourth-order valence-electron chi connectivity index (χ4n) is 0.681. The van der Waals surface area contributed by atoms with Crippen molar-refractivity contribution in [2.75, 3.05) is 0 Å². The molecule has 0 spiro atoms. The summed E-state index contributed by atoms with van der Waals surface area (Å²) in [5, 5.41) is 0. The molecule has 0 aromatic rings. The maximum absolute atomic E-state index is 11.4. The summed E-state index contributed by atoms with van der Waals surface area (Å²) in [5.74, 6) is -1.00. The Morgan fingerprint density at radius 3 is 2.08 bits per heavy atom. The van der Waals surface area contributed by atoms with Crippen molar-refractivity contribution in [2.45, 2.75) is 27.2 Å². The van der Waals surface area contributed by atoms with Crippen LogP contribution in [0.3, 0.4) is 0 Å². The van der Waals surface area contributed by atoms with Crippen molar-refractivity contribution >= 4 is 11.7 Å². The maximum Gasteiger partial charge on any atom is 0.251 e. The number of carbonyl (C=O) groups excluding carboxylic acids is 2. The molecule has 12 heavy (non-hydrogen) atoms. The number of Topliss-reactive ketones (excluding diaryl/α,β-unsaturated/α-hetero) is 1. The Morgan fingerprint density at radius 2 is 1.83 bits per heavy atom. The van der Waals surface area contributed by atoms with E-state index < -0.39 is 11.3 Å². The maximum atomic E-state index is 11.4. The molecule has 0 saturated carbocycles. The predicted molar refractivity (Wildman–Crippen MR) is 47.4 cm³/mol. The molecule has 0 aromatic heterocycles. The summed E-state index contributed by atoms with van der Waals surface area (Å²) < 4.78 is 0. The summed E-state index contributed by atoms with van der Waals surface area (Å²) in [6, 6.07) is 0. The number of hydrogen-bond donors (Lipinski definition) is 1. The largest absolute Gasteiger partial charge is 0.366 e. The molecule has 3 heteroatoms. The molecule has 0 aliphatic heterocycles. The Bertz CT molecular complexity index is 229. The van der Waals surface area contributed by atoms with Gasteiger partial charge >= 0.3 is 0 Å². The third-order valence-corrected chi connectivity index (χ3v) is 2.07. The van der Waals surface area contributed by atoms with Crippen LogP contribution in [0.1, 0.15) is 27.2 Å². The fraction of sp³-hybridized carbons (Fsp3) is 0.556. The van der Waals surface area contributed by atoms with Crippen LogP contribution >= 0.6 is 0 Å². The zero-order valence-corrected chi connectivity index (χ0v) is 7.81. The van der Waals surface area contributed by atoms with Gasteiger partial charge in [0.05, 0.1) is 5.57 Å². The lowest BCUT2D eigenvalue weighted by Gasteiger charge is -2.20. The van der Waals surface area contributed by atoms with E-state index in [9.17, 15) is 9.59 Å². The van der Waals surface area contributed by atoms with Crippen molar-refractivity contribution in [1.29, 1.82) is 0 Å². The van der Waals surface area contributed by atoms with E-state index in [4.69, 9.17) is 5.73 Å². The lowest BCUT2D eigenvalue weighted by molar-refractivity contribution is -0.126. The first-order chi connectivity index (χ1) is 5.33. The van der Waals surface area contributed by atoms with Gasteiger partial charge in [0.25, 0.3) is 5.91 Å². The van der Waals surface area contributed by atoms with E-state index in [1.165, 1.54) is 0 Å². The van der Waals surface area contributed by atoms with Crippen molar-refractivity contribution in [3.63, 3.8) is 0 Å². The molecule has 0 aliphatic rings. The Balaban J connectivity index is 4.62. The molecule has 2 N–H and O–H groups in total. The van der Waals surface area contributed by atoms with Crippen molar-refractivity contribution in [3.8, 4) is 0 Å². The fourth-order valence-corrected chi connectivity index (χ4v) is 0.681. The SMILES string of the molecule is C=C(C(N)=O)C(=O)C(C)(C)CC. The quantitative estimate of drug-likeness (QED) is 0.388. The predicted octanol–water partition coefficient (Wildman–Crippen LogP) is 1.03. The summed E-state index contributed by atoms with van der Waals surface area (Å²) in [6.07, 6.45) is 0.665. The minimum Gasteiger partial charge on any atom is -0.366 e. The number of primary amides is 1. The molecule has 0 heterocycles. The number of hydrogen-bond acceptors (Lipinski definition) is 2. The molecule has 0 aliphatic carbocycles. The lowest BCUT2D eigenvalue weighted by Crippen LogP contribution is -2.30. The second-order valence-electron chi connectivity index (χ2n) is 3.41. The Hall–Kier alpha value is -1.12. The van der Waals surface area contributed by atoms with Gasteiger partial charge in [0, 0.05) is 5.41 Å². The van der Waals surface area contributed by atoms with Crippen molar-refractivity contribution in [2.24, 2.45) is 11.1 Å². The zero-order chi connectivity index (χ0) is 9.94. The molecule has 0 aromatic carbocycles. The molecule has 0 unspecified atom stereocenters. The minimum atomic E-state index is -0.735. The molecule has 3 nitrogen and oxygen atoms in total. The van der Waals surface area contributed by atoms with Gasteiger partial charge in [-0.15, -0.1) is 0 Å². The van der Waals surface area contributed by atoms with E-state index in [0.29, 0.717) is 6.42 Å². The van der Waals surface area contributed by atoms with Gasteiger partial charge in [-0.05, 0) is 6.42 Å². The smallest absolute Gasteiger partial charge is 0.251 e. The van der Waals surface area contributed by atoms with E-state index in [-0.39, 0.29) is 11.4 Å². The van der Waals surface area contributed by atoms with Crippen LogP contribution in [0.2, 0.25) is 0 Å². The summed E-state index contributed by atoms with van der Waals surface area (Å²) in [4.78, 5) is 22.0. The van der Waals surface area contributed by atoms with Gasteiger partial charge in [0.15, 0.2) is 5.78 Å². The van der Waals surface area contributed by atoms with Crippen LogP contribution in [0.4, 0.5) is 0 Å². The van der Waals surface area contributed by atoms with E-state index >= 15 is 0 Å². The van der Waals surface area contributed by atoms with Crippen LogP contribution < -0.4 is 5.73 Å². The first-order valence-corrected chi connectivity index (χ1v) is 3.86. The van der Waals surface area contributed by atoms with E-state index in [1.54, 1.807) is 13.8 Å². The van der Waals surface area contributed by atoms with Gasteiger partial charge in [-0.25, -0.2) is 0 Å². The van der Waals surface area contributed by atoms with Gasteiger partial charge in [0.2, 0.25) is 0 Å². The number of nitrogens with two attached hydrogens (primary N) is 1. The van der Waals surface area contributed by atoms with Gasteiger partial charge in [0.1, 0.15) is 0 Å². The van der Waals surface area contributed by atoms with Crippen molar-refractivity contribution in [3.05, 3.63) is 12.2 Å². The normalized spacial score (nSPS) is 10.9. The van der Waals surface area contributed by atoms with Crippen LogP contribution in [-0.4, -0.2) is 11.7 Å². The number of carbonyl (C=O) groups is 2. The molecular formula is C9H15NO2. The number of amides is 1. The van der Waals surface area contributed by atoms with Crippen molar-refractivity contribution in [1.82, 2.24) is 0 Å².